The molecule has 0 bridgehead atoms. The number of hydrogen-bond donors (Lipinski definition) is 2. The minimum absolute atomic E-state index is 0.0751. The number of pyridine rings is 1. The lowest BCUT2D eigenvalue weighted by Gasteiger charge is -2.22. The number of nitrogens with zero attached hydrogens (tertiary/aromatic N) is 1. The number of nitrogens with one attached hydrogen (secondary N) is 2. The largest absolute Gasteiger partial charge is 0.378 e. The van der Waals surface area contributed by atoms with Gasteiger partial charge in [-0.05, 0) is 37.3 Å². The third-order valence-corrected chi connectivity index (χ3v) is 3.74. The maximum atomic E-state index is 12.0. The van der Waals surface area contributed by atoms with Gasteiger partial charge in [-0.3, -0.25) is 4.98 Å². The van der Waals surface area contributed by atoms with E-state index in [4.69, 9.17) is 4.74 Å². The molecule has 0 spiro atoms. The molecule has 5 heteroatoms. The van der Waals surface area contributed by atoms with E-state index in [0.29, 0.717) is 12.6 Å². The molecule has 21 heavy (non-hydrogen) atoms. The molecular weight excluding hydrogens is 266 g/mol. The minimum atomic E-state index is -0.141. The molecule has 0 saturated carbocycles. The molecule has 1 aliphatic rings. The first-order valence-electron chi connectivity index (χ1n) is 7.73. The Morgan fingerprint density at radius 1 is 1.48 bits per heavy atom. The predicted molar refractivity (Wildman–Crippen MR) is 81.9 cm³/mol. The summed E-state index contributed by atoms with van der Waals surface area (Å²) in [6.45, 7) is 5.65. The van der Waals surface area contributed by atoms with Crippen LogP contribution < -0.4 is 10.6 Å². The van der Waals surface area contributed by atoms with Gasteiger partial charge in [-0.25, -0.2) is 4.79 Å². The molecule has 1 aromatic rings. The van der Waals surface area contributed by atoms with E-state index in [0.717, 1.165) is 31.6 Å². The Hall–Kier alpha value is -1.62. The lowest BCUT2D eigenvalue weighted by atomic mass is 10.0. The Morgan fingerprint density at radius 2 is 2.33 bits per heavy atom. The number of amides is 2. The van der Waals surface area contributed by atoms with Gasteiger partial charge in [0.05, 0.1) is 17.8 Å². The summed E-state index contributed by atoms with van der Waals surface area (Å²) in [4.78, 5) is 16.3. The van der Waals surface area contributed by atoms with Crippen molar-refractivity contribution in [3.63, 3.8) is 0 Å². The van der Waals surface area contributed by atoms with Crippen LogP contribution in [-0.4, -0.2) is 30.3 Å². The molecule has 1 aromatic heterocycles. The van der Waals surface area contributed by atoms with E-state index in [2.05, 4.69) is 29.5 Å². The molecule has 2 heterocycles. The van der Waals surface area contributed by atoms with Gasteiger partial charge in [0.15, 0.2) is 0 Å². The van der Waals surface area contributed by atoms with E-state index in [1.807, 2.05) is 18.2 Å². The molecule has 5 nitrogen and oxygen atoms in total. The summed E-state index contributed by atoms with van der Waals surface area (Å²) < 4.78 is 5.54. The Labute approximate surface area is 126 Å². The Bertz CT molecular complexity index is 430. The van der Waals surface area contributed by atoms with Crippen molar-refractivity contribution >= 4 is 6.03 Å². The smallest absolute Gasteiger partial charge is 0.315 e. The van der Waals surface area contributed by atoms with Crippen molar-refractivity contribution in [2.45, 2.75) is 45.3 Å². The van der Waals surface area contributed by atoms with Crippen molar-refractivity contribution in [2.24, 2.45) is 5.92 Å². The average Bonchev–Trinajstić information content (AvgIpc) is 2.98. The molecule has 0 radical (unpaired) electrons. The fourth-order valence-corrected chi connectivity index (χ4v) is 2.55. The third-order valence-electron chi connectivity index (χ3n) is 3.74. The number of urea groups is 1. The second-order valence-electron chi connectivity index (χ2n) is 5.80. The van der Waals surface area contributed by atoms with Crippen LogP contribution in [0.15, 0.2) is 24.4 Å². The van der Waals surface area contributed by atoms with Crippen LogP contribution >= 0.6 is 0 Å². The first-order chi connectivity index (χ1) is 10.2. The fraction of sp³-hybridized carbons (Fsp3) is 0.625. The molecule has 116 valence electrons. The van der Waals surface area contributed by atoms with Crippen molar-refractivity contribution in [1.82, 2.24) is 15.6 Å². The summed E-state index contributed by atoms with van der Waals surface area (Å²) in [6, 6.07) is 5.54. The van der Waals surface area contributed by atoms with Gasteiger partial charge >= 0.3 is 6.03 Å². The second-order valence-corrected chi connectivity index (χ2v) is 5.80. The van der Waals surface area contributed by atoms with Crippen molar-refractivity contribution in [2.75, 3.05) is 13.2 Å². The van der Waals surface area contributed by atoms with E-state index in [9.17, 15) is 4.79 Å². The monoisotopic (exact) mass is 291 g/mol. The summed E-state index contributed by atoms with van der Waals surface area (Å²) in [5.74, 6) is 0.281. The number of hydrogen-bond acceptors (Lipinski definition) is 3. The third kappa shape index (κ3) is 5.01. The summed E-state index contributed by atoms with van der Waals surface area (Å²) in [5, 5.41) is 5.91. The summed E-state index contributed by atoms with van der Waals surface area (Å²) >= 11 is 0. The normalized spacial score (nSPS) is 19.5. The molecule has 2 N–H and O–H groups in total. The van der Waals surface area contributed by atoms with Crippen LogP contribution in [0, 0.1) is 5.92 Å². The molecule has 0 aromatic carbocycles. The molecule has 0 aliphatic carbocycles. The lowest BCUT2D eigenvalue weighted by Crippen LogP contribution is -2.41. The van der Waals surface area contributed by atoms with Gasteiger partial charge in [0, 0.05) is 19.3 Å². The second kappa shape index (κ2) is 7.98. The van der Waals surface area contributed by atoms with Crippen LogP contribution in [0.25, 0.3) is 0 Å². The zero-order valence-electron chi connectivity index (χ0n) is 12.8. The van der Waals surface area contributed by atoms with Crippen LogP contribution in [0.1, 0.15) is 44.8 Å². The highest BCUT2D eigenvalue weighted by atomic mass is 16.5. The van der Waals surface area contributed by atoms with Gasteiger partial charge in [0.25, 0.3) is 0 Å². The maximum Gasteiger partial charge on any atom is 0.315 e. The Morgan fingerprint density at radius 3 is 2.95 bits per heavy atom. The van der Waals surface area contributed by atoms with Gasteiger partial charge in [-0.15, -0.1) is 0 Å². The zero-order chi connectivity index (χ0) is 15.1. The number of carbonyl (C=O) groups excluding carboxylic acids is 1. The minimum Gasteiger partial charge on any atom is -0.378 e. The maximum absolute atomic E-state index is 12.0. The SMILES string of the molecule is CC(C)[C@H](NC(=O)NCC[C@@H]1CCCO1)c1ccccn1. The number of ether oxygens (including phenoxy) is 1. The van der Waals surface area contributed by atoms with Crippen molar-refractivity contribution < 1.29 is 9.53 Å². The highest BCUT2D eigenvalue weighted by molar-refractivity contribution is 5.74. The van der Waals surface area contributed by atoms with Crippen LogP contribution in [0.5, 0.6) is 0 Å². The summed E-state index contributed by atoms with van der Waals surface area (Å²) in [5.41, 5.74) is 0.891. The molecule has 1 saturated heterocycles. The van der Waals surface area contributed by atoms with Gasteiger partial charge in [-0.1, -0.05) is 19.9 Å². The number of aromatic nitrogens is 1. The average molecular weight is 291 g/mol. The van der Waals surface area contributed by atoms with Crippen LogP contribution in [0.3, 0.4) is 0 Å². The standard InChI is InChI=1S/C16H25N3O2/c1-12(2)15(14-7-3-4-9-17-14)19-16(20)18-10-8-13-6-5-11-21-13/h3-4,7,9,12-13,15H,5-6,8,10-11H2,1-2H3,(H2,18,19,20)/t13-,15-/m0/s1. The summed E-state index contributed by atoms with van der Waals surface area (Å²) in [6.07, 6.45) is 5.17. The van der Waals surface area contributed by atoms with Gasteiger partial charge < -0.3 is 15.4 Å². The zero-order valence-corrected chi connectivity index (χ0v) is 12.8. The van der Waals surface area contributed by atoms with E-state index < -0.39 is 0 Å². The highest BCUT2D eigenvalue weighted by Crippen LogP contribution is 2.19. The molecular formula is C16H25N3O2. The first-order valence-corrected chi connectivity index (χ1v) is 7.73. The molecule has 2 rings (SSSR count). The number of rotatable bonds is 6. The van der Waals surface area contributed by atoms with Gasteiger partial charge in [0.2, 0.25) is 0 Å². The van der Waals surface area contributed by atoms with Crippen molar-refractivity contribution in [1.29, 1.82) is 0 Å². The Balaban J connectivity index is 1.78. The van der Waals surface area contributed by atoms with E-state index >= 15 is 0 Å². The van der Waals surface area contributed by atoms with Crippen LogP contribution in [0.2, 0.25) is 0 Å². The summed E-state index contributed by atoms with van der Waals surface area (Å²) in [7, 11) is 0. The van der Waals surface area contributed by atoms with Crippen molar-refractivity contribution in [3.8, 4) is 0 Å². The predicted octanol–water partition coefficient (Wildman–Crippen LogP) is 2.65. The van der Waals surface area contributed by atoms with Crippen molar-refractivity contribution in [3.05, 3.63) is 30.1 Å². The lowest BCUT2D eigenvalue weighted by molar-refractivity contribution is 0.104. The van der Waals surface area contributed by atoms with Crippen LogP contribution in [0.4, 0.5) is 4.79 Å². The van der Waals surface area contributed by atoms with E-state index in [1.54, 1.807) is 6.20 Å². The molecule has 2 atom stereocenters. The molecule has 1 fully saturated rings. The molecule has 2 amide bonds. The fourth-order valence-electron chi connectivity index (χ4n) is 2.55. The van der Waals surface area contributed by atoms with Gasteiger partial charge in [-0.2, -0.15) is 0 Å². The Kier molecular flexibility index (Phi) is 5.99. The molecule has 1 aliphatic heterocycles. The van der Waals surface area contributed by atoms with E-state index in [1.165, 1.54) is 0 Å². The molecule has 0 unspecified atom stereocenters. The highest BCUT2D eigenvalue weighted by Gasteiger charge is 2.20. The first kappa shape index (κ1) is 15.8. The number of carbonyl (C=O) groups is 1. The van der Waals surface area contributed by atoms with E-state index in [-0.39, 0.29) is 18.0 Å². The van der Waals surface area contributed by atoms with Gasteiger partial charge in [0.1, 0.15) is 0 Å². The topological polar surface area (TPSA) is 63.2 Å². The van der Waals surface area contributed by atoms with Crippen LogP contribution in [-0.2, 0) is 4.74 Å². The quantitative estimate of drug-likeness (QED) is 0.847.